The van der Waals surface area contributed by atoms with Gasteiger partial charge in [-0.25, -0.2) is 4.79 Å². The molecule has 5 nitrogen and oxygen atoms in total. The molecule has 1 N–H and O–H groups in total. The maximum atomic E-state index is 12.9. The van der Waals surface area contributed by atoms with Gasteiger partial charge in [-0.3, -0.25) is 19.8 Å². The maximum absolute atomic E-state index is 12.9. The van der Waals surface area contributed by atoms with Crippen LogP contribution in [0.2, 0.25) is 0 Å². The van der Waals surface area contributed by atoms with Crippen molar-refractivity contribution < 1.29 is 14.4 Å². The maximum Gasteiger partial charge on any atom is 0.331 e. The molecule has 1 saturated carbocycles. The molecule has 0 aromatic carbocycles. The quantitative estimate of drug-likeness (QED) is 0.814. The third-order valence-corrected chi connectivity index (χ3v) is 5.15. The van der Waals surface area contributed by atoms with Crippen LogP contribution in [-0.4, -0.2) is 28.8 Å². The van der Waals surface area contributed by atoms with Crippen LogP contribution in [0.4, 0.5) is 4.79 Å². The lowest BCUT2D eigenvalue weighted by atomic mass is 9.78. The van der Waals surface area contributed by atoms with E-state index in [2.05, 4.69) is 5.32 Å². The molecule has 0 aromatic rings. The number of amides is 4. The number of imide groups is 2. The summed E-state index contributed by atoms with van der Waals surface area (Å²) in [5.74, 6) is -0.712. The molecule has 4 amide bonds. The van der Waals surface area contributed by atoms with Gasteiger partial charge in [-0.05, 0) is 25.7 Å². The van der Waals surface area contributed by atoms with Gasteiger partial charge in [0.15, 0.2) is 0 Å². The van der Waals surface area contributed by atoms with E-state index in [-0.39, 0.29) is 11.9 Å². The van der Waals surface area contributed by atoms with E-state index in [9.17, 15) is 14.4 Å². The fraction of sp³-hybridized carbons (Fsp3) is 0.812. The molecule has 2 aliphatic rings. The zero-order valence-electron chi connectivity index (χ0n) is 13.1. The summed E-state index contributed by atoms with van der Waals surface area (Å²) in [7, 11) is 0. The molecule has 1 saturated heterocycles. The van der Waals surface area contributed by atoms with Gasteiger partial charge in [0, 0.05) is 6.04 Å². The fourth-order valence-corrected chi connectivity index (χ4v) is 3.59. The Bertz CT molecular complexity index is 421. The lowest BCUT2D eigenvalue weighted by Gasteiger charge is -2.42. The van der Waals surface area contributed by atoms with E-state index in [4.69, 9.17) is 0 Å². The Balaban J connectivity index is 2.25. The molecule has 2 rings (SSSR count). The lowest BCUT2D eigenvalue weighted by molar-refractivity contribution is -0.153. The van der Waals surface area contributed by atoms with Crippen molar-refractivity contribution in [2.45, 2.75) is 77.7 Å². The predicted octanol–water partition coefficient (Wildman–Crippen LogP) is 2.98. The summed E-state index contributed by atoms with van der Waals surface area (Å²) in [5.41, 5.74) is -1.06. The smallest absolute Gasteiger partial charge is 0.277 e. The minimum absolute atomic E-state index is 0.0524. The van der Waals surface area contributed by atoms with Crippen LogP contribution in [0.5, 0.6) is 0 Å². The number of nitrogens with one attached hydrogen (secondary N) is 1. The monoisotopic (exact) mass is 294 g/mol. The SMILES string of the molecule is CCC1(CC)C(=O)NC(=O)N(C2CCCCCCC2)C1=O. The molecule has 0 spiro atoms. The highest BCUT2D eigenvalue weighted by Crippen LogP contribution is 2.35. The van der Waals surface area contributed by atoms with Crippen LogP contribution >= 0.6 is 0 Å². The summed E-state index contributed by atoms with van der Waals surface area (Å²) in [6.45, 7) is 3.68. The second-order valence-corrected chi connectivity index (χ2v) is 6.22. The first-order valence-corrected chi connectivity index (χ1v) is 8.26. The van der Waals surface area contributed by atoms with Gasteiger partial charge in [0.25, 0.3) is 0 Å². The summed E-state index contributed by atoms with van der Waals surface area (Å²) in [6.07, 6.45) is 8.22. The van der Waals surface area contributed by atoms with Gasteiger partial charge in [0.1, 0.15) is 5.41 Å². The first-order chi connectivity index (χ1) is 10.1. The summed E-state index contributed by atoms with van der Waals surface area (Å²) in [4.78, 5) is 38.6. The average Bonchev–Trinajstić information content (AvgIpc) is 2.42. The molecule has 0 radical (unpaired) electrons. The highest BCUT2D eigenvalue weighted by molar-refractivity contribution is 6.19. The van der Waals surface area contributed by atoms with Crippen molar-refractivity contribution in [1.82, 2.24) is 10.2 Å². The van der Waals surface area contributed by atoms with Crippen LogP contribution in [0.25, 0.3) is 0 Å². The van der Waals surface area contributed by atoms with E-state index in [1.807, 2.05) is 13.8 Å². The molecule has 21 heavy (non-hydrogen) atoms. The predicted molar refractivity (Wildman–Crippen MR) is 79.5 cm³/mol. The number of hydrogen-bond acceptors (Lipinski definition) is 3. The number of nitrogens with zero attached hydrogens (tertiary/aromatic N) is 1. The van der Waals surface area contributed by atoms with Crippen molar-refractivity contribution in [3.05, 3.63) is 0 Å². The second kappa shape index (κ2) is 6.58. The molecule has 0 bridgehead atoms. The first-order valence-electron chi connectivity index (χ1n) is 8.26. The first kappa shape index (κ1) is 16.0. The van der Waals surface area contributed by atoms with E-state index < -0.39 is 17.4 Å². The van der Waals surface area contributed by atoms with Crippen LogP contribution in [0.3, 0.4) is 0 Å². The lowest BCUT2D eigenvalue weighted by Crippen LogP contribution is -2.65. The van der Waals surface area contributed by atoms with Crippen molar-refractivity contribution in [2.75, 3.05) is 0 Å². The van der Waals surface area contributed by atoms with Gasteiger partial charge in [0.05, 0.1) is 0 Å². The molecule has 0 atom stereocenters. The fourth-order valence-electron chi connectivity index (χ4n) is 3.59. The second-order valence-electron chi connectivity index (χ2n) is 6.22. The Hall–Kier alpha value is -1.39. The third kappa shape index (κ3) is 2.83. The van der Waals surface area contributed by atoms with E-state index in [1.165, 1.54) is 11.3 Å². The minimum Gasteiger partial charge on any atom is -0.277 e. The summed E-state index contributed by atoms with van der Waals surface area (Å²) in [6, 6.07) is -0.573. The van der Waals surface area contributed by atoms with Gasteiger partial charge in [-0.2, -0.15) is 0 Å². The molecule has 2 fully saturated rings. The summed E-state index contributed by atoms with van der Waals surface area (Å²) < 4.78 is 0. The number of hydrogen-bond donors (Lipinski definition) is 1. The van der Waals surface area contributed by atoms with Gasteiger partial charge in [-0.1, -0.05) is 46.0 Å². The number of carbonyl (C=O) groups is 3. The molecule has 118 valence electrons. The van der Waals surface area contributed by atoms with Crippen LogP contribution in [0.15, 0.2) is 0 Å². The molecule has 0 aromatic heterocycles. The van der Waals surface area contributed by atoms with Crippen molar-refractivity contribution in [3.63, 3.8) is 0 Å². The van der Waals surface area contributed by atoms with E-state index >= 15 is 0 Å². The van der Waals surface area contributed by atoms with Crippen molar-refractivity contribution in [3.8, 4) is 0 Å². The Labute approximate surface area is 126 Å². The zero-order chi connectivity index (χ0) is 15.5. The number of barbiturate groups is 1. The van der Waals surface area contributed by atoms with Crippen molar-refractivity contribution >= 4 is 17.8 Å². The van der Waals surface area contributed by atoms with Gasteiger partial charge in [-0.15, -0.1) is 0 Å². The van der Waals surface area contributed by atoms with Crippen molar-refractivity contribution in [1.29, 1.82) is 0 Å². The highest BCUT2D eigenvalue weighted by atomic mass is 16.2. The highest BCUT2D eigenvalue weighted by Gasteiger charge is 2.52. The Morgan fingerprint density at radius 1 is 1.00 bits per heavy atom. The van der Waals surface area contributed by atoms with E-state index in [0.717, 1.165) is 38.5 Å². The van der Waals surface area contributed by atoms with Gasteiger partial charge in [0.2, 0.25) is 11.8 Å². The normalized spacial score (nSPS) is 24.5. The largest absolute Gasteiger partial charge is 0.331 e. The third-order valence-electron chi connectivity index (χ3n) is 5.15. The van der Waals surface area contributed by atoms with Crippen LogP contribution < -0.4 is 5.32 Å². The Kier molecular flexibility index (Phi) is 5.01. The summed E-state index contributed by atoms with van der Waals surface area (Å²) in [5, 5.41) is 2.41. The van der Waals surface area contributed by atoms with Crippen molar-refractivity contribution in [2.24, 2.45) is 5.41 Å². The topological polar surface area (TPSA) is 66.5 Å². The number of urea groups is 1. The number of carbonyl (C=O) groups excluding carboxylic acids is 3. The average molecular weight is 294 g/mol. The van der Waals surface area contributed by atoms with Crippen LogP contribution in [-0.2, 0) is 9.59 Å². The standard InChI is InChI=1S/C16H26N2O3/c1-3-16(4-2)13(19)17-15(21)18(14(16)20)12-10-8-6-5-7-9-11-12/h12H,3-11H2,1-2H3,(H,17,19,21). The zero-order valence-corrected chi connectivity index (χ0v) is 13.1. The molecule has 1 heterocycles. The molecule has 1 aliphatic heterocycles. The Morgan fingerprint density at radius 2 is 1.52 bits per heavy atom. The molecule has 1 aliphatic carbocycles. The molecule has 0 unspecified atom stereocenters. The van der Waals surface area contributed by atoms with E-state index in [1.54, 1.807) is 0 Å². The van der Waals surface area contributed by atoms with Gasteiger partial charge >= 0.3 is 6.03 Å². The molecular formula is C16H26N2O3. The Morgan fingerprint density at radius 3 is 2.05 bits per heavy atom. The molecule has 5 heteroatoms. The van der Waals surface area contributed by atoms with Crippen LogP contribution in [0, 0.1) is 5.41 Å². The van der Waals surface area contributed by atoms with Gasteiger partial charge < -0.3 is 0 Å². The van der Waals surface area contributed by atoms with E-state index in [0.29, 0.717) is 12.8 Å². The van der Waals surface area contributed by atoms with Crippen LogP contribution in [0.1, 0.15) is 71.6 Å². The summed E-state index contributed by atoms with van der Waals surface area (Å²) >= 11 is 0. The molecular weight excluding hydrogens is 268 g/mol. The number of rotatable bonds is 3. The minimum atomic E-state index is -1.06.